The summed E-state index contributed by atoms with van der Waals surface area (Å²) in [6, 6.07) is 0. The van der Waals surface area contributed by atoms with Gasteiger partial charge in [0.25, 0.3) is 0 Å². The molecule has 0 amide bonds. The fourth-order valence-electron chi connectivity index (χ4n) is 1.29. The molecule has 0 bridgehead atoms. The van der Waals surface area contributed by atoms with E-state index in [0.29, 0.717) is 11.7 Å². The van der Waals surface area contributed by atoms with E-state index in [4.69, 9.17) is 0 Å². The number of carbonyl (C=O) groups is 1. The molecule has 1 heterocycles. The van der Waals surface area contributed by atoms with E-state index in [1.807, 2.05) is 0 Å². The van der Waals surface area contributed by atoms with Gasteiger partial charge in [-0.05, 0) is 25.4 Å². The highest BCUT2D eigenvalue weighted by atomic mass is 16.1. The number of hydrogen-bond acceptors (Lipinski definition) is 2. The molecule has 0 aromatic heterocycles. The van der Waals surface area contributed by atoms with E-state index >= 15 is 0 Å². The van der Waals surface area contributed by atoms with Crippen molar-refractivity contribution in [3.8, 4) is 0 Å². The van der Waals surface area contributed by atoms with Crippen molar-refractivity contribution in [3.63, 3.8) is 0 Å². The molecule has 0 aromatic carbocycles. The van der Waals surface area contributed by atoms with E-state index in [-0.39, 0.29) is 0 Å². The van der Waals surface area contributed by atoms with Crippen molar-refractivity contribution in [2.75, 3.05) is 13.1 Å². The SMILES string of the molecule is CCCCC(=O)CC1CNC1. The van der Waals surface area contributed by atoms with E-state index < -0.39 is 0 Å². The molecule has 1 aliphatic heterocycles. The van der Waals surface area contributed by atoms with Crippen LogP contribution in [0.1, 0.15) is 32.6 Å². The van der Waals surface area contributed by atoms with Crippen LogP contribution in [-0.2, 0) is 4.79 Å². The molecule has 1 N–H and O–H groups in total. The molecule has 0 atom stereocenters. The Morgan fingerprint density at radius 3 is 2.73 bits per heavy atom. The Morgan fingerprint density at radius 1 is 1.55 bits per heavy atom. The third kappa shape index (κ3) is 3.02. The van der Waals surface area contributed by atoms with E-state index in [1.54, 1.807) is 0 Å². The lowest BCUT2D eigenvalue weighted by atomic mass is 9.95. The van der Waals surface area contributed by atoms with E-state index in [9.17, 15) is 4.79 Å². The minimum atomic E-state index is 0.457. The lowest BCUT2D eigenvalue weighted by Gasteiger charge is -2.26. The molecule has 0 aliphatic carbocycles. The third-order valence-electron chi connectivity index (χ3n) is 2.19. The number of unbranched alkanes of at least 4 members (excludes halogenated alkanes) is 1. The smallest absolute Gasteiger partial charge is 0.133 e. The predicted octanol–water partition coefficient (Wildman–Crippen LogP) is 1.36. The molecule has 1 fully saturated rings. The maximum absolute atomic E-state index is 11.2. The average Bonchev–Trinajstić information content (AvgIpc) is 1.93. The molecule has 1 aliphatic rings. The van der Waals surface area contributed by atoms with Gasteiger partial charge in [-0.1, -0.05) is 13.3 Å². The van der Waals surface area contributed by atoms with Crippen LogP contribution in [0.4, 0.5) is 0 Å². The summed E-state index contributed by atoms with van der Waals surface area (Å²) in [7, 11) is 0. The Bertz CT molecular complexity index is 130. The maximum atomic E-state index is 11.2. The normalized spacial score (nSPS) is 17.9. The molecular formula is C9H17NO. The van der Waals surface area contributed by atoms with Crippen molar-refractivity contribution in [2.45, 2.75) is 32.6 Å². The van der Waals surface area contributed by atoms with Crippen LogP contribution in [0, 0.1) is 5.92 Å². The Labute approximate surface area is 68.4 Å². The summed E-state index contributed by atoms with van der Waals surface area (Å²) in [6.45, 7) is 4.23. The van der Waals surface area contributed by atoms with Gasteiger partial charge in [-0.15, -0.1) is 0 Å². The van der Waals surface area contributed by atoms with Crippen molar-refractivity contribution in [1.82, 2.24) is 5.32 Å². The van der Waals surface area contributed by atoms with Gasteiger partial charge in [0, 0.05) is 12.8 Å². The summed E-state index contributed by atoms with van der Waals surface area (Å²) in [6.07, 6.45) is 3.81. The van der Waals surface area contributed by atoms with Crippen molar-refractivity contribution in [1.29, 1.82) is 0 Å². The number of rotatable bonds is 5. The standard InChI is InChI=1S/C9H17NO/c1-2-3-4-9(11)5-8-6-10-7-8/h8,10H,2-7H2,1H3. The molecule has 11 heavy (non-hydrogen) atoms. The van der Waals surface area contributed by atoms with Crippen molar-refractivity contribution in [3.05, 3.63) is 0 Å². The molecule has 2 nitrogen and oxygen atoms in total. The molecule has 1 rings (SSSR count). The quantitative estimate of drug-likeness (QED) is 0.649. The van der Waals surface area contributed by atoms with E-state index in [1.165, 1.54) is 0 Å². The minimum Gasteiger partial charge on any atom is -0.316 e. The van der Waals surface area contributed by atoms with Crippen LogP contribution in [0.3, 0.4) is 0 Å². The van der Waals surface area contributed by atoms with Gasteiger partial charge in [0.05, 0.1) is 0 Å². The highest BCUT2D eigenvalue weighted by Gasteiger charge is 2.19. The summed E-state index contributed by atoms with van der Waals surface area (Å²) in [5, 5.41) is 3.17. The van der Waals surface area contributed by atoms with Crippen LogP contribution < -0.4 is 5.32 Å². The van der Waals surface area contributed by atoms with Gasteiger partial charge in [0.2, 0.25) is 0 Å². The van der Waals surface area contributed by atoms with Crippen LogP contribution in [0.2, 0.25) is 0 Å². The highest BCUT2D eigenvalue weighted by Crippen LogP contribution is 2.11. The van der Waals surface area contributed by atoms with Crippen LogP contribution in [0.25, 0.3) is 0 Å². The second kappa shape index (κ2) is 4.50. The van der Waals surface area contributed by atoms with Gasteiger partial charge >= 0.3 is 0 Å². The third-order valence-corrected chi connectivity index (χ3v) is 2.19. The number of carbonyl (C=O) groups excluding carboxylic acids is 1. The Kier molecular flexibility index (Phi) is 3.57. The molecule has 0 aromatic rings. The van der Waals surface area contributed by atoms with Gasteiger partial charge in [0.1, 0.15) is 5.78 Å². The van der Waals surface area contributed by atoms with Gasteiger partial charge in [-0.3, -0.25) is 4.79 Å². The largest absolute Gasteiger partial charge is 0.316 e. The zero-order valence-electron chi connectivity index (χ0n) is 7.23. The lowest BCUT2D eigenvalue weighted by molar-refractivity contribution is -0.120. The second-order valence-electron chi connectivity index (χ2n) is 3.37. The van der Waals surface area contributed by atoms with Gasteiger partial charge in [0.15, 0.2) is 0 Å². The topological polar surface area (TPSA) is 29.1 Å². The second-order valence-corrected chi connectivity index (χ2v) is 3.37. The molecule has 0 radical (unpaired) electrons. The first-order valence-corrected chi connectivity index (χ1v) is 4.55. The molecule has 0 saturated carbocycles. The van der Waals surface area contributed by atoms with Crippen LogP contribution in [0.5, 0.6) is 0 Å². The van der Waals surface area contributed by atoms with Gasteiger partial charge in [-0.2, -0.15) is 0 Å². The molecule has 0 spiro atoms. The Morgan fingerprint density at radius 2 is 2.27 bits per heavy atom. The first-order valence-electron chi connectivity index (χ1n) is 4.55. The molecule has 64 valence electrons. The van der Waals surface area contributed by atoms with Crippen LogP contribution in [-0.4, -0.2) is 18.9 Å². The molecule has 2 heteroatoms. The summed E-state index contributed by atoms with van der Waals surface area (Å²) < 4.78 is 0. The van der Waals surface area contributed by atoms with E-state index in [0.717, 1.165) is 38.8 Å². The Hall–Kier alpha value is -0.370. The molecular weight excluding hydrogens is 138 g/mol. The zero-order valence-corrected chi connectivity index (χ0v) is 7.23. The van der Waals surface area contributed by atoms with Crippen molar-refractivity contribution in [2.24, 2.45) is 5.92 Å². The predicted molar refractivity (Wildman–Crippen MR) is 45.5 cm³/mol. The number of nitrogens with one attached hydrogen (secondary N) is 1. The highest BCUT2D eigenvalue weighted by molar-refractivity contribution is 5.78. The minimum absolute atomic E-state index is 0.457. The van der Waals surface area contributed by atoms with Crippen LogP contribution >= 0.6 is 0 Å². The Balaban J connectivity index is 2.00. The monoisotopic (exact) mass is 155 g/mol. The van der Waals surface area contributed by atoms with Crippen molar-refractivity contribution < 1.29 is 4.79 Å². The van der Waals surface area contributed by atoms with Crippen molar-refractivity contribution >= 4 is 5.78 Å². The first-order chi connectivity index (χ1) is 5.33. The van der Waals surface area contributed by atoms with E-state index in [2.05, 4.69) is 12.2 Å². The number of hydrogen-bond donors (Lipinski definition) is 1. The van der Waals surface area contributed by atoms with Crippen LogP contribution in [0.15, 0.2) is 0 Å². The summed E-state index contributed by atoms with van der Waals surface area (Å²) in [5.41, 5.74) is 0. The maximum Gasteiger partial charge on any atom is 0.133 e. The zero-order chi connectivity index (χ0) is 8.10. The van der Waals surface area contributed by atoms with Gasteiger partial charge < -0.3 is 5.32 Å². The summed E-state index contributed by atoms with van der Waals surface area (Å²) in [5.74, 6) is 1.11. The molecule has 1 saturated heterocycles. The summed E-state index contributed by atoms with van der Waals surface area (Å²) in [4.78, 5) is 11.2. The number of Topliss-reactive ketones (excluding diaryl/α,β-unsaturated/α-hetero) is 1. The number of ketones is 1. The summed E-state index contributed by atoms with van der Waals surface area (Å²) >= 11 is 0. The lowest BCUT2D eigenvalue weighted by Crippen LogP contribution is -2.42. The van der Waals surface area contributed by atoms with Gasteiger partial charge in [-0.25, -0.2) is 0 Å². The fourth-order valence-corrected chi connectivity index (χ4v) is 1.29. The molecule has 0 unspecified atom stereocenters. The first kappa shape index (κ1) is 8.72. The average molecular weight is 155 g/mol. The fraction of sp³-hybridized carbons (Fsp3) is 0.889.